The molecule has 9 aromatic carbocycles. The van der Waals surface area contributed by atoms with Gasteiger partial charge in [0.2, 0.25) is 0 Å². The molecule has 3 heteroatoms. The van der Waals surface area contributed by atoms with Gasteiger partial charge in [0.25, 0.3) is 0 Å². The maximum atomic E-state index is 5.18. The van der Waals surface area contributed by atoms with Gasteiger partial charge < -0.3 is 0 Å². The molecule has 0 N–H and O–H groups in total. The minimum absolute atomic E-state index is 0.715. The highest BCUT2D eigenvalue weighted by Gasteiger charge is 2.16. The van der Waals surface area contributed by atoms with Gasteiger partial charge in [-0.05, 0) is 91.0 Å². The molecule has 0 aliphatic rings. The quantitative estimate of drug-likeness (QED) is 0.131. The van der Waals surface area contributed by atoms with E-state index in [2.05, 4.69) is 176 Å². The van der Waals surface area contributed by atoms with E-state index < -0.39 is 0 Å². The zero-order valence-electron chi connectivity index (χ0n) is 29.8. The van der Waals surface area contributed by atoms with Crippen molar-refractivity contribution in [3.63, 3.8) is 0 Å². The molecule has 0 aliphatic heterocycles. The first-order chi connectivity index (χ1) is 27.2. The second-order valence-electron chi connectivity index (χ2n) is 14.2. The van der Waals surface area contributed by atoms with E-state index in [1.165, 1.54) is 63.6 Å². The van der Waals surface area contributed by atoms with E-state index in [-0.39, 0.29) is 0 Å². The van der Waals surface area contributed by atoms with Crippen LogP contribution in [0.5, 0.6) is 0 Å². The average Bonchev–Trinajstić information content (AvgIpc) is 3.64. The number of benzene rings is 9. The highest BCUT2D eigenvalue weighted by atomic mass is 32.1. The number of rotatable bonds is 5. The zero-order valence-corrected chi connectivity index (χ0v) is 30.6. The number of fused-ring (bicyclic) bond motifs is 7. The smallest absolute Gasteiger partial charge is 0.160 e. The van der Waals surface area contributed by atoms with Gasteiger partial charge in [-0.1, -0.05) is 158 Å². The molecule has 0 radical (unpaired) electrons. The molecule has 256 valence electrons. The third-order valence-electron chi connectivity index (χ3n) is 10.8. The number of hydrogen-bond donors (Lipinski definition) is 0. The summed E-state index contributed by atoms with van der Waals surface area (Å²) in [6, 6.07) is 69.9. The van der Waals surface area contributed by atoms with E-state index >= 15 is 0 Å². The van der Waals surface area contributed by atoms with Crippen LogP contribution in [0.25, 0.3) is 109 Å². The van der Waals surface area contributed by atoms with Gasteiger partial charge in [-0.15, -0.1) is 11.3 Å². The van der Waals surface area contributed by atoms with Crippen LogP contribution in [-0.4, -0.2) is 9.97 Å². The SMILES string of the molecule is c1ccc(-c2nc(-c3cccc(-c4cccc(-c5c6ccccc6cc6c5ccc5ccccc56)c4)c3)cc(-c3ccc4c(c3)sc3ccccc34)n2)cc1. The topological polar surface area (TPSA) is 25.8 Å². The lowest BCUT2D eigenvalue weighted by Crippen LogP contribution is -1.96. The highest BCUT2D eigenvalue weighted by molar-refractivity contribution is 7.25. The number of aromatic nitrogens is 2. The van der Waals surface area contributed by atoms with Crippen molar-refractivity contribution in [3.05, 3.63) is 194 Å². The number of hydrogen-bond acceptors (Lipinski definition) is 3. The summed E-state index contributed by atoms with van der Waals surface area (Å²) in [4.78, 5) is 10.3. The fourth-order valence-corrected chi connectivity index (χ4v) is 9.33. The van der Waals surface area contributed by atoms with Gasteiger partial charge in [-0.3, -0.25) is 0 Å². The van der Waals surface area contributed by atoms with Gasteiger partial charge in [0.05, 0.1) is 11.4 Å². The van der Waals surface area contributed by atoms with Crippen LogP contribution in [0, 0.1) is 0 Å². The molecule has 0 saturated carbocycles. The minimum Gasteiger partial charge on any atom is -0.228 e. The maximum Gasteiger partial charge on any atom is 0.160 e. The Morgan fingerprint density at radius 1 is 0.291 bits per heavy atom. The summed E-state index contributed by atoms with van der Waals surface area (Å²) in [6.45, 7) is 0. The molecule has 11 aromatic rings. The maximum absolute atomic E-state index is 5.18. The second kappa shape index (κ2) is 12.9. The molecular weight excluding hydrogens is 685 g/mol. The summed E-state index contributed by atoms with van der Waals surface area (Å²) in [5, 5.41) is 10.1. The summed E-state index contributed by atoms with van der Waals surface area (Å²) >= 11 is 1.83. The Balaban J connectivity index is 1.05. The molecule has 0 unspecified atom stereocenters. The predicted octanol–water partition coefficient (Wildman–Crippen LogP) is 14.6. The van der Waals surface area contributed by atoms with E-state index in [0.717, 1.165) is 39.2 Å². The Labute approximate surface area is 322 Å². The number of thiophene rings is 1. The van der Waals surface area contributed by atoms with Gasteiger partial charge in [-0.25, -0.2) is 9.97 Å². The van der Waals surface area contributed by atoms with Crippen LogP contribution in [0.3, 0.4) is 0 Å². The Bertz CT molecular complexity index is 3270. The Hall–Kier alpha value is -6.94. The summed E-state index contributed by atoms with van der Waals surface area (Å²) in [6.07, 6.45) is 0. The summed E-state index contributed by atoms with van der Waals surface area (Å²) < 4.78 is 2.56. The van der Waals surface area contributed by atoms with Crippen LogP contribution < -0.4 is 0 Å². The lowest BCUT2D eigenvalue weighted by Gasteiger charge is -2.15. The van der Waals surface area contributed by atoms with E-state index in [1.54, 1.807) is 0 Å². The molecule has 0 amide bonds. The molecule has 2 heterocycles. The molecule has 0 saturated heterocycles. The van der Waals surface area contributed by atoms with Crippen molar-refractivity contribution in [2.45, 2.75) is 0 Å². The van der Waals surface area contributed by atoms with Crippen LogP contribution >= 0.6 is 11.3 Å². The third kappa shape index (κ3) is 5.48. The summed E-state index contributed by atoms with van der Waals surface area (Å²) in [7, 11) is 0. The van der Waals surface area contributed by atoms with E-state index in [0.29, 0.717) is 5.82 Å². The first kappa shape index (κ1) is 31.6. The highest BCUT2D eigenvalue weighted by Crippen LogP contribution is 2.41. The lowest BCUT2D eigenvalue weighted by atomic mass is 9.88. The first-order valence-electron chi connectivity index (χ1n) is 18.6. The van der Waals surface area contributed by atoms with Crippen LogP contribution in [0.4, 0.5) is 0 Å². The molecule has 11 rings (SSSR count). The molecule has 55 heavy (non-hydrogen) atoms. The normalized spacial score (nSPS) is 11.6. The standard InChI is InChI=1S/C52H32N2S/c1-2-13-34(14-3-1)52-53-47(32-48(54-52)39-25-26-44-43-22-8-9-23-49(43)55-50(44)31-39)38-18-10-16-35(28-38)36-17-11-19-40(29-36)51-42-21-7-5-15-37(42)30-46-41-20-6-4-12-33(41)24-27-45(46)51/h1-32H. The van der Waals surface area contributed by atoms with Crippen molar-refractivity contribution < 1.29 is 0 Å². The molecular formula is C52H32N2S. The van der Waals surface area contributed by atoms with Gasteiger partial charge in [0.15, 0.2) is 5.82 Å². The van der Waals surface area contributed by atoms with Crippen molar-refractivity contribution in [1.82, 2.24) is 9.97 Å². The van der Waals surface area contributed by atoms with Crippen molar-refractivity contribution >= 4 is 63.8 Å². The Kier molecular flexibility index (Phi) is 7.39. The fourth-order valence-electron chi connectivity index (χ4n) is 8.19. The van der Waals surface area contributed by atoms with Gasteiger partial charge >= 0.3 is 0 Å². The summed E-state index contributed by atoms with van der Waals surface area (Å²) in [5.74, 6) is 0.715. The van der Waals surface area contributed by atoms with E-state index in [9.17, 15) is 0 Å². The molecule has 0 aliphatic carbocycles. The Morgan fingerprint density at radius 2 is 0.873 bits per heavy atom. The molecule has 2 nitrogen and oxygen atoms in total. The zero-order chi connectivity index (χ0) is 36.3. The van der Waals surface area contributed by atoms with E-state index in [4.69, 9.17) is 9.97 Å². The van der Waals surface area contributed by atoms with Crippen molar-refractivity contribution in [1.29, 1.82) is 0 Å². The van der Waals surface area contributed by atoms with Crippen molar-refractivity contribution in [2.24, 2.45) is 0 Å². The van der Waals surface area contributed by atoms with Gasteiger partial charge in [0, 0.05) is 36.9 Å². The van der Waals surface area contributed by atoms with Crippen LogP contribution in [0.2, 0.25) is 0 Å². The largest absolute Gasteiger partial charge is 0.228 e. The first-order valence-corrected chi connectivity index (χ1v) is 19.5. The minimum atomic E-state index is 0.715. The van der Waals surface area contributed by atoms with Gasteiger partial charge in [-0.2, -0.15) is 0 Å². The van der Waals surface area contributed by atoms with Crippen molar-refractivity contribution in [3.8, 4) is 56.2 Å². The monoisotopic (exact) mass is 716 g/mol. The fraction of sp³-hybridized carbons (Fsp3) is 0. The Morgan fingerprint density at radius 3 is 1.69 bits per heavy atom. The van der Waals surface area contributed by atoms with Crippen LogP contribution in [0.1, 0.15) is 0 Å². The molecule has 0 spiro atoms. The third-order valence-corrected chi connectivity index (χ3v) is 12.0. The molecule has 2 aromatic heterocycles. The van der Waals surface area contributed by atoms with Crippen LogP contribution in [0.15, 0.2) is 194 Å². The van der Waals surface area contributed by atoms with E-state index in [1.807, 2.05) is 29.5 Å². The van der Waals surface area contributed by atoms with Gasteiger partial charge in [0.1, 0.15) is 0 Å². The predicted molar refractivity (Wildman–Crippen MR) is 235 cm³/mol. The molecule has 0 fully saturated rings. The number of nitrogens with zero attached hydrogens (tertiary/aromatic N) is 2. The molecule has 0 atom stereocenters. The van der Waals surface area contributed by atoms with Crippen LogP contribution in [-0.2, 0) is 0 Å². The summed E-state index contributed by atoms with van der Waals surface area (Å²) in [5.41, 5.74) is 9.69. The van der Waals surface area contributed by atoms with Crippen molar-refractivity contribution in [2.75, 3.05) is 0 Å². The second-order valence-corrected chi connectivity index (χ2v) is 15.2. The molecule has 0 bridgehead atoms. The average molecular weight is 717 g/mol. The lowest BCUT2D eigenvalue weighted by molar-refractivity contribution is 1.18.